The van der Waals surface area contributed by atoms with Crippen LogP contribution in [-0.4, -0.2) is 23.4 Å². The minimum atomic E-state index is 0.127. The molecule has 0 radical (unpaired) electrons. The standard InChI is InChI=1S/C13H11BrClN3O2/c1-7-16-12(15)9(6-19)13(17-7)18-8-3-4-11(20-2)10(14)5-8/h3-6H,1-2H3,(H,16,17,18). The van der Waals surface area contributed by atoms with Gasteiger partial charge in [0, 0.05) is 5.69 Å². The number of aldehydes is 1. The molecular weight excluding hydrogens is 346 g/mol. The van der Waals surface area contributed by atoms with Gasteiger partial charge in [0.15, 0.2) is 6.29 Å². The van der Waals surface area contributed by atoms with Gasteiger partial charge in [0.25, 0.3) is 0 Å². The molecule has 2 aromatic rings. The maximum Gasteiger partial charge on any atom is 0.156 e. The summed E-state index contributed by atoms with van der Waals surface area (Å²) >= 11 is 9.32. The zero-order valence-corrected chi connectivity index (χ0v) is 13.1. The summed E-state index contributed by atoms with van der Waals surface area (Å²) in [5.74, 6) is 1.56. The number of anilines is 2. The molecule has 0 unspecified atom stereocenters. The van der Waals surface area contributed by atoms with Gasteiger partial charge in [-0.05, 0) is 41.1 Å². The Hall–Kier alpha value is -1.66. The Bertz CT molecular complexity index is 664. The average Bonchev–Trinajstić information content (AvgIpc) is 2.38. The van der Waals surface area contributed by atoms with Gasteiger partial charge in [-0.25, -0.2) is 9.97 Å². The second-order valence-electron chi connectivity index (χ2n) is 3.92. The number of methoxy groups -OCH3 is 1. The number of aromatic nitrogens is 2. The van der Waals surface area contributed by atoms with E-state index in [2.05, 4.69) is 31.2 Å². The van der Waals surface area contributed by atoms with Gasteiger partial charge in [-0.1, -0.05) is 11.6 Å². The molecule has 20 heavy (non-hydrogen) atoms. The summed E-state index contributed by atoms with van der Waals surface area (Å²) in [4.78, 5) is 19.2. The summed E-state index contributed by atoms with van der Waals surface area (Å²) < 4.78 is 5.94. The van der Waals surface area contributed by atoms with E-state index in [1.807, 2.05) is 12.1 Å². The average molecular weight is 357 g/mol. The second kappa shape index (κ2) is 6.19. The lowest BCUT2D eigenvalue weighted by atomic mass is 10.2. The molecule has 0 atom stereocenters. The van der Waals surface area contributed by atoms with Crippen LogP contribution in [0.25, 0.3) is 0 Å². The zero-order valence-electron chi connectivity index (χ0n) is 10.8. The highest BCUT2D eigenvalue weighted by Crippen LogP contribution is 2.30. The van der Waals surface area contributed by atoms with Crippen molar-refractivity contribution in [3.05, 3.63) is 39.2 Å². The minimum absolute atomic E-state index is 0.127. The third-order valence-electron chi connectivity index (χ3n) is 2.54. The Balaban J connectivity index is 2.39. The van der Waals surface area contributed by atoms with Crippen LogP contribution in [0.2, 0.25) is 5.15 Å². The fraction of sp³-hybridized carbons (Fsp3) is 0.154. The maximum atomic E-state index is 11.1. The zero-order chi connectivity index (χ0) is 14.7. The predicted molar refractivity (Wildman–Crippen MR) is 81.1 cm³/mol. The molecule has 7 heteroatoms. The van der Waals surface area contributed by atoms with Crippen molar-refractivity contribution >= 4 is 45.3 Å². The van der Waals surface area contributed by atoms with Gasteiger partial charge in [-0.15, -0.1) is 0 Å². The molecule has 1 N–H and O–H groups in total. The monoisotopic (exact) mass is 355 g/mol. The molecule has 0 aliphatic carbocycles. The van der Waals surface area contributed by atoms with Gasteiger partial charge in [0.1, 0.15) is 22.5 Å². The number of nitrogens with zero attached hydrogens (tertiary/aromatic N) is 2. The van der Waals surface area contributed by atoms with Gasteiger partial charge >= 0.3 is 0 Å². The van der Waals surface area contributed by atoms with E-state index in [1.165, 1.54) is 0 Å². The van der Waals surface area contributed by atoms with Crippen molar-refractivity contribution in [2.24, 2.45) is 0 Å². The number of hydrogen-bond donors (Lipinski definition) is 1. The number of aryl methyl sites for hydroxylation is 1. The Morgan fingerprint density at radius 1 is 1.40 bits per heavy atom. The summed E-state index contributed by atoms with van der Waals surface area (Å²) in [6, 6.07) is 5.42. The normalized spacial score (nSPS) is 10.2. The predicted octanol–water partition coefficient (Wildman–Crippen LogP) is 3.77. The number of ether oxygens (including phenoxy) is 1. The van der Waals surface area contributed by atoms with Gasteiger partial charge in [0.05, 0.1) is 17.1 Å². The first kappa shape index (κ1) is 14.7. The SMILES string of the molecule is COc1ccc(Nc2nc(C)nc(Cl)c2C=O)cc1Br. The van der Waals surface area contributed by atoms with E-state index in [0.29, 0.717) is 23.7 Å². The highest BCUT2D eigenvalue weighted by atomic mass is 79.9. The molecule has 0 aliphatic rings. The molecule has 0 saturated heterocycles. The Labute approximate surface area is 129 Å². The van der Waals surface area contributed by atoms with Crippen molar-refractivity contribution < 1.29 is 9.53 Å². The fourth-order valence-electron chi connectivity index (χ4n) is 1.63. The van der Waals surface area contributed by atoms with Crippen LogP contribution < -0.4 is 10.1 Å². The van der Waals surface area contributed by atoms with Gasteiger partial charge < -0.3 is 10.1 Å². The van der Waals surface area contributed by atoms with Crippen molar-refractivity contribution in [2.75, 3.05) is 12.4 Å². The maximum absolute atomic E-state index is 11.1. The van der Waals surface area contributed by atoms with E-state index < -0.39 is 0 Å². The number of carbonyl (C=O) groups is 1. The van der Waals surface area contributed by atoms with Crippen LogP contribution in [0.5, 0.6) is 5.75 Å². The van der Waals surface area contributed by atoms with Crippen LogP contribution in [0.4, 0.5) is 11.5 Å². The molecule has 0 bridgehead atoms. The van der Waals surface area contributed by atoms with Crippen molar-refractivity contribution in [1.29, 1.82) is 0 Å². The smallest absolute Gasteiger partial charge is 0.156 e. The molecule has 0 aliphatic heterocycles. The highest BCUT2D eigenvalue weighted by Gasteiger charge is 2.12. The Kier molecular flexibility index (Phi) is 4.57. The van der Waals surface area contributed by atoms with E-state index >= 15 is 0 Å². The molecule has 0 fully saturated rings. The van der Waals surface area contributed by atoms with Crippen LogP contribution >= 0.6 is 27.5 Å². The molecule has 2 rings (SSSR count). The largest absolute Gasteiger partial charge is 0.496 e. The minimum Gasteiger partial charge on any atom is -0.496 e. The molecule has 0 saturated carbocycles. The summed E-state index contributed by atoms with van der Waals surface area (Å²) in [7, 11) is 1.59. The third kappa shape index (κ3) is 3.08. The topological polar surface area (TPSA) is 64.1 Å². The van der Waals surface area contributed by atoms with Crippen molar-refractivity contribution in [3.63, 3.8) is 0 Å². The van der Waals surface area contributed by atoms with Crippen molar-refractivity contribution in [1.82, 2.24) is 9.97 Å². The Morgan fingerprint density at radius 3 is 2.75 bits per heavy atom. The van der Waals surface area contributed by atoms with Gasteiger partial charge in [0.2, 0.25) is 0 Å². The van der Waals surface area contributed by atoms with Gasteiger partial charge in [-0.3, -0.25) is 4.79 Å². The number of carbonyl (C=O) groups excluding carboxylic acids is 1. The lowest BCUT2D eigenvalue weighted by Crippen LogP contribution is -2.03. The van der Waals surface area contributed by atoms with E-state index in [9.17, 15) is 4.79 Å². The van der Waals surface area contributed by atoms with E-state index in [-0.39, 0.29) is 10.7 Å². The fourth-order valence-corrected chi connectivity index (χ4v) is 2.42. The number of halogens is 2. The molecule has 104 valence electrons. The first-order chi connectivity index (χ1) is 9.55. The number of hydrogen-bond acceptors (Lipinski definition) is 5. The number of nitrogens with one attached hydrogen (secondary N) is 1. The second-order valence-corrected chi connectivity index (χ2v) is 5.13. The van der Waals surface area contributed by atoms with E-state index in [4.69, 9.17) is 16.3 Å². The Morgan fingerprint density at radius 2 is 2.15 bits per heavy atom. The summed E-state index contributed by atoms with van der Waals surface area (Å²) in [5.41, 5.74) is 0.971. The lowest BCUT2D eigenvalue weighted by molar-refractivity contribution is 0.112. The van der Waals surface area contributed by atoms with E-state index in [0.717, 1.165) is 10.2 Å². The summed E-state index contributed by atoms with van der Waals surface area (Å²) in [5, 5.41) is 3.17. The van der Waals surface area contributed by atoms with Crippen LogP contribution in [0, 0.1) is 6.92 Å². The summed E-state index contributed by atoms with van der Waals surface area (Å²) in [6.07, 6.45) is 0.628. The van der Waals surface area contributed by atoms with Gasteiger partial charge in [-0.2, -0.15) is 0 Å². The number of benzene rings is 1. The van der Waals surface area contributed by atoms with Crippen LogP contribution in [0.15, 0.2) is 22.7 Å². The van der Waals surface area contributed by atoms with Crippen LogP contribution in [-0.2, 0) is 0 Å². The summed E-state index contributed by atoms with van der Waals surface area (Å²) in [6.45, 7) is 1.70. The molecule has 5 nitrogen and oxygen atoms in total. The third-order valence-corrected chi connectivity index (χ3v) is 3.45. The van der Waals surface area contributed by atoms with E-state index in [1.54, 1.807) is 20.1 Å². The lowest BCUT2D eigenvalue weighted by Gasteiger charge is -2.11. The molecule has 0 spiro atoms. The molecule has 1 aromatic carbocycles. The molecule has 1 aromatic heterocycles. The van der Waals surface area contributed by atoms with Crippen LogP contribution in [0.3, 0.4) is 0 Å². The van der Waals surface area contributed by atoms with Crippen LogP contribution in [0.1, 0.15) is 16.2 Å². The quantitative estimate of drug-likeness (QED) is 0.667. The highest BCUT2D eigenvalue weighted by molar-refractivity contribution is 9.10. The molecule has 1 heterocycles. The van der Waals surface area contributed by atoms with Crippen molar-refractivity contribution in [2.45, 2.75) is 6.92 Å². The first-order valence-electron chi connectivity index (χ1n) is 5.65. The molecule has 0 amide bonds. The number of rotatable bonds is 4. The first-order valence-corrected chi connectivity index (χ1v) is 6.82. The molecular formula is C13H11BrClN3O2. The van der Waals surface area contributed by atoms with Crippen molar-refractivity contribution in [3.8, 4) is 5.75 Å².